The number of rotatable bonds is 5. The zero-order valence-electron chi connectivity index (χ0n) is 14.7. The molecule has 6 nitrogen and oxygen atoms in total. The Morgan fingerprint density at radius 2 is 2.21 bits per heavy atom. The number of carbonyl (C=O) groups is 1. The lowest BCUT2D eigenvalue weighted by Gasteiger charge is -2.31. The maximum atomic E-state index is 12.5. The van der Waals surface area contributed by atoms with E-state index in [4.69, 9.17) is 4.42 Å². The van der Waals surface area contributed by atoms with Crippen LogP contribution in [0.4, 0.5) is 0 Å². The molecule has 3 rings (SSSR count). The van der Waals surface area contributed by atoms with Crippen LogP contribution in [0.15, 0.2) is 29.0 Å². The van der Waals surface area contributed by atoms with E-state index in [1.165, 1.54) is 0 Å². The SMILES string of the molecule is Cc1nn(C)cc1[C@H](C)NC(=O)C1CCN(Cc2ccco2)CC1. The molecule has 0 aromatic carbocycles. The Balaban J connectivity index is 1.49. The van der Waals surface area contributed by atoms with Gasteiger partial charge in [0, 0.05) is 24.7 Å². The Morgan fingerprint density at radius 1 is 1.46 bits per heavy atom. The van der Waals surface area contributed by atoms with Gasteiger partial charge in [-0.1, -0.05) is 0 Å². The van der Waals surface area contributed by atoms with Gasteiger partial charge in [-0.2, -0.15) is 5.10 Å². The fourth-order valence-electron chi connectivity index (χ4n) is 3.43. The molecule has 2 aromatic heterocycles. The molecule has 6 heteroatoms. The molecular formula is C18H26N4O2. The molecule has 0 bridgehead atoms. The third-order valence-corrected chi connectivity index (χ3v) is 4.79. The normalized spacial score (nSPS) is 17.8. The summed E-state index contributed by atoms with van der Waals surface area (Å²) in [5.41, 5.74) is 2.06. The predicted molar refractivity (Wildman–Crippen MR) is 91.2 cm³/mol. The van der Waals surface area contributed by atoms with E-state index in [1.807, 2.05) is 39.2 Å². The second kappa shape index (κ2) is 7.21. The molecule has 0 radical (unpaired) electrons. The van der Waals surface area contributed by atoms with E-state index in [0.717, 1.165) is 49.5 Å². The van der Waals surface area contributed by atoms with E-state index >= 15 is 0 Å². The number of likely N-dealkylation sites (tertiary alicyclic amines) is 1. The van der Waals surface area contributed by atoms with Crippen molar-refractivity contribution in [1.29, 1.82) is 0 Å². The van der Waals surface area contributed by atoms with Crippen molar-refractivity contribution >= 4 is 5.91 Å². The zero-order valence-corrected chi connectivity index (χ0v) is 14.7. The molecule has 1 fully saturated rings. The van der Waals surface area contributed by atoms with Gasteiger partial charge in [0.2, 0.25) is 5.91 Å². The third kappa shape index (κ3) is 3.87. The Morgan fingerprint density at radius 3 is 2.79 bits per heavy atom. The molecule has 0 spiro atoms. The average Bonchev–Trinajstić information content (AvgIpc) is 3.17. The van der Waals surface area contributed by atoms with E-state index < -0.39 is 0 Å². The largest absolute Gasteiger partial charge is 0.468 e. The number of hydrogen-bond donors (Lipinski definition) is 1. The number of aryl methyl sites for hydroxylation is 2. The molecule has 0 unspecified atom stereocenters. The summed E-state index contributed by atoms with van der Waals surface area (Å²) in [6.45, 7) is 6.68. The van der Waals surface area contributed by atoms with Crippen molar-refractivity contribution in [2.75, 3.05) is 13.1 Å². The van der Waals surface area contributed by atoms with Crippen LogP contribution in [0.3, 0.4) is 0 Å². The van der Waals surface area contributed by atoms with Crippen LogP contribution in [-0.2, 0) is 18.4 Å². The third-order valence-electron chi connectivity index (χ3n) is 4.79. The summed E-state index contributed by atoms with van der Waals surface area (Å²) in [4.78, 5) is 14.9. The minimum absolute atomic E-state index is 0.00708. The van der Waals surface area contributed by atoms with Crippen LogP contribution in [0.2, 0.25) is 0 Å². The monoisotopic (exact) mass is 330 g/mol. The topological polar surface area (TPSA) is 63.3 Å². The van der Waals surface area contributed by atoms with Gasteiger partial charge in [0.05, 0.1) is 24.5 Å². The first-order chi connectivity index (χ1) is 11.5. The van der Waals surface area contributed by atoms with Gasteiger partial charge in [-0.05, 0) is 51.9 Å². The Kier molecular flexibility index (Phi) is 5.04. The van der Waals surface area contributed by atoms with Crippen molar-refractivity contribution in [2.45, 2.75) is 39.3 Å². The average molecular weight is 330 g/mol. The maximum Gasteiger partial charge on any atom is 0.223 e. The van der Waals surface area contributed by atoms with Gasteiger partial charge in [0.15, 0.2) is 0 Å². The zero-order chi connectivity index (χ0) is 17.1. The van der Waals surface area contributed by atoms with Gasteiger partial charge < -0.3 is 9.73 Å². The molecule has 130 valence electrons. The van der Waals surface area contributed by atoms with E-state index in [9.17, 15) is 4.79 Å². The summed E-state index contributed by atoms with van der Waals surface area (Å²) in [6.07, 6.45) is 5.47. The van der Waals surface area contributed by atoms with Gasteiger partial charge in [-0.25, -0.2) is 0 Å². The highest BCUT2D eigenvalue weighted by Crippen LogP contribution is 2.22. The first kappa shape index (κ1) is 16.8. The number of amides is 1. The fraction of sp³-hybridized carbons (Fsp3) is 0.556. The molecule has 24 heavy (non-hydrogen) atoms. The van der Waals surface area contributed by atoms with Crippen molar-refractivity contribution in [3.05, 3.63) is 41.6 Å². The number of furan rings is 1. The smallest absolute Gasteiger partial charge is 0.223 e. The molecule has 1 saturated heterocycles. The van der Waals surface area contributed by atoms with Crippen molar-refractivity contribution in [1.82, 2.24) is 20.0 Å². The van der Waals surface area contributed by atoms with Crippen LogP contribution in [0, 0.1) is 12.8 Å². The number of aromatic nitrogens is 2. The summed E-state index contributed by atoms with van der Waals surface area (Å²) in [7, 11) is 1.90. The molecule has 0 aliphatic carbocycles. The highest BCUT2D eigenvalue weighted by molar-refractivity contribution is 5.79. The van der Waals surface area contributed by atoms with E-state index in [-0.39, 0.29) is 17.9 Å². The van der Waals surface area contributed by atoms with Gasteiger partial charge in [0.1, 0.15) is 5.76 Å². The summed E-state index contributed by atoms with van der Waals surface area (Å²) in [5.74, 6) is 1.24. The van der Waals surface area contributed by atoms with E-state index in [2.05, 4.69) is 15.3 Å². The second-order valence-corrected chi connectivity index (χ2v) is 6.70. The standard InChI is InChI=1S/C18H26N4O2/c1-13(17-12-21(3)20-14(17)2)19-18(23)15-6-8-22(9-7-15)11-16-5-4-10-24-16/h4-5,10,12-13,15H,6-9,11H2,1-3H3,(H,19,23)/t13-/m0/s1. The van der Waals surface area contributed by atoms with Crippen molar-refractivity contribution in [3.63, 3.8) is 0 Å². The number of piperidine rings is 1. The summed E-state index contributed by atoms with van der Waals surface area (Å²) >= 11 is 0. The minimum atomic E-state index is -0.00708. The summed E-state index contributed by atoms with van der Waals surface area (Å²) < 4.78 is 7.19. The van der Waals surface area contributed by atoms with Crippen LogP contribution in [0.1, 0.15) is 42.8 Å². The van der Waals surface area contributed by atoms with Crippen molar-refractivity contribution in [2.24, 2.45) is 13.0 Å². The van der Waals surface area contributed by atoms with Crippen LogP contribution in [-0.4, -0.2) is 33.7 Å². The molecule has 1 aliphatic rings. The number of hydrogen-bond acceptors (Lipinski definition) is 4. The molecule has 0 saturated carbocycles. The van der Waals surface area contributed by atoms with Gasteiger partial charge >= 0.3 is 0 Å². The second-order valence-electron chi connectivity index (χ2n) is 6.70. The first-order valence-electron chi connectivity index (χ1n) is 8.58. The summed E-state index contributed by atoms with van der Waals surface area (Å²) in [6, 6.07) is 3.90. The minimum Gasteiger partial charge on any atom is -0.468 e. The lowest BCUT2D eigenvalue weighted by molar-refractivity contribution is -0.127. The number of carbonyl (C=O) groups excluding carboxylic acids is 1. The molecule has 2 aromatic rings. The Labute approximate surface area is 142 Å². The molecular weight excluding hydrogens is 304 g/mol. The predicted octanol–water partition coefficient (Wildman–Crippen LogP) is 2.41. The van der Waals surface area contributed by atoms with Gasteiger partial charge in [-0.3, -0.25) is 14.4 Å². The van der Waals surface area contributed by atoms with Gasteiger partial charge in [0.25, 0.3) is 0 Å². The Hall–Kier alpha value is -2.08. The molecule has 1 N–H and O–H groups in total. The van der Waals surface area contributed by atoms with Crippen molar-refractivity contribution in [3.8, 4) is 0 Å². The molecule has 1 amide bonds. The molecule has 1 atom stereocenters. The van der Waals surface area contributed by atoms with Gasteiger partial charge in [-0.15, -0.1) is 0 Å². The van der Waals surface area contributed by atoms with Crippen LogP contribution in [0.25, 0.3) is 0 Å². The van der Waals surface area contributed by atoms with E-state index in [1.54, 1.807) is 10.9 Å². The quantitative estimate of drug-likeness (QED) is 0.914. The first-order valence-corrected chi connectivity index (χ1v) is 8.58. The molecule has 3 heterocycles. The maximum absolute atomic E-state index is 12.5. The highest BCUT2D eigenvalue weighted by atomic mass is 16.3. The van der Waals surface area contributed by atoms with Crippen molar-refractivity contribution < 1.29 is 9.21 Å². The lowest BCUT2D eigenvalue weighted by Crippen LogP contribution is -2.40. The van der Waals surface area contributed by atoms with Crippen LogP contribution in [0.5, 0.6) is 0 Å². The van der Waals surface area contributed by atoms with Crippen LogP contribution < -0.4 is 5.32 Å². The Bertz CT molecular complexity index is 669. The fourth-order valence-corrected chi connectivity index (χ4v) is 3.43. The summed E-state index contributed by atoms with van der Waals surface area (Å²) in [5, 5.41) is 7.50. The number of nitrogens with zero attached hydrogens (tertiary/aromatic N) is 3. The van der Waals surface area contributed by atoms with E-state index in [0.29, 0.717) is 0 Å². The lowest BCUT2D eigenvalue weighted by atomic mass is 9.95. The molecule has 1 aliphatic heterocycles. The van der Waals surface area contributed by atoms with Crippen LogP contribution >= 0.6 is 0 Å². The number of nitrogens with one attached hydrogen (secondary N) is 1. The highest BCUT2D eigenvalue weighted by Gasteiger charge is 2.26.